The van der Waals surface area contributed by atoms with E-state index in [0.717, 1.165) is 44.3 Å². The number of rotatable bonds is 10. The molecule has 0 amide bonds. The van der Waals surface area contributed by atoms with Crippen LogP contribution < -0.4 is 14.8 Å². The summed E-state index contributed by atoms with van der Waals surface area (Å²) in [5.41, 5.74) is 0.356. The maximum absolute atomic E-state index is 10.7. The van der Waals surface area contributed by atoms with E-state index >= 15 is 0 Å². The van der Waals surface area contributed by atoms with Crippen LogP contribution in [0.15, 0.2) is 18.2 Å². The number of benzene rings is 1. The van der Waals surface area contributed by atoms with Crippen LogP contribution in [-0.4, -0.2) is 79.9 Å². The van der Waals surface area contributed by atoms with Gasteiger partial charge in [0, 0.05) is 38.3 Å². The molecule has 0 spiro atoms. The fourth-order valence-corrected chi connectivity index (χ4v) is 4.16. The number of β-amino-alcohol motifs (C(OH)–C–C–N with tert-alkyl or cyclic N) is 1. The van der Waals surface area contributed by atoms with Gasteiger partial charge in [-0.25, -0.2) is 0 Å². The Balaban J connectivity index is 1.54. The molecule has 3 rings (SSSR count). The van der Waals surface area contributed by atoms with Crippen LogP contribution in [-0.2, 0) is 11.3 Å². The molecular formula is C22H36N2O5. The first-order chi connectivity index (χ1) is 14.1. The normalized spacial score (nSPS) is 20.9. The number of hydrogen-bond donors (Lipinski definition) is 3. The van der Waals surface area contributed by atoms with E-state index in [1.54, 1.807) is 7.11 Å². The molecule has 1 aliphatic carbocycles. The number of aliphatic hydroxyl groups excluding tert-OH is 1. The summed E-state index contributed by atoms with van der Waals surface area (Å²) in [5.74, 6) is 1.30. The van der Waals surface area contributed by atoms with Gasteiger partial charge in [0.25, 0.3) is 0 Å². The highest BCUT2D eigenvalue weighted by Gasteiger charge is 2.28. The highest BCUT2D eigenvalue weighted by molar-refractivity contribution is 5.46. The molecule has 2 aliphatic rings. The first-order valence-electron chi connectivity index (χ1n) is 10.8. The van der Waals surface area contributed by atoms with Gasteiger partial charge < -0.3 is 29.7 Å². The summed E-state index contributed by atoms with van der Waals surface area (Å²) in [7, 11) is 1.62. The second-order valence-electron chi connectivity index (χ2n) is 8.21. The summed E-state index contributed by atoms with van der Waals surface area (Å²) in [6.45, 7) is 5.02. The number of hydrogen-bond acceptors (Lipinski definition) is 7. The third kappa shape index (κ3) is 6.83. The number of para-hydroxylation sites is 1. The molecule has 1 saturated carbocycles. The van der Waals surface area contributed by atoms with Gasteiger partial charge in [-0.1, -0.05) is 31.4 Å². The van der Waals surface area contributed by atoms with E-state index in [-0.39, 0.29) is 6.61 Å². The van der Waals surface area contributed by atoms with Gasteiger partial charge in [-0.2, -0.15) is 0 Å². The van der Waals surface area contributed by atoms with Gasteiger partial charge in [0.2, 0.25) is 0 Å². The maximum Gasteiger partial charge on any atom is 0.165 e. The molecule has 1 aromatic carbocycles. The quantitative estimate of drug-likeness (QED) is 0.542. The van der Waals surface area contributed by atoms with E-state index in [2.05, 4.69) is 10.2 Å². The molecule has 1 atom stereocenters. The number of aliphatic hydroxyl groups is 2. The summed E-state index contributed by atoms with van der Waals surface area (Å²) in [6, 6.07) is 5.79. The van der Waals surface area contributed by atoms with Crippen molar-refractivity contribution in [2.75, 3.05) is 53.1 Å². The number of methoxy groups -OCH3 is 1. The molecule has 1 saturated heterocycles. The van der Waals surface area contributed by atoms with Crippen LogP contribution >= 0.6 is 0 Å². The SMILES string of the molecule is COc1cccc(CNCC2(O)CCCCC2)c1OC[C@@H](O)CN1CCOCC1. The third-order valence-corrected chi connectivity index (χ3v) is 5.83. The minimum Gasteiger partial charge on any atom is -0.493 e. The van der Waals surface area contributed by atoms with Crippen LogP contribution in [0.4, 0.5) is 0 Å². The Morgan fingerprint density at radius 3 is 2.69 bits per heavy atom. The van der Waals surface area contributed by atoms with Gasteiger partial charge in [0.1, 0.15) is 12.7 Å². The summed E-state index contributed by atoms with van der Waals surface area (Å²) in [5, 5.41) is 24.5. The van der Waals surface area contributed by atoms with Crippen LogP contribution in [0.2, 0.25) is 0 Å². The van der Waals surface area contributed by atoms with Crippen LogP contribution in [0.3, 0.4) is 0 Å². The number of morpholine rings is 1. The van der Waals surface area contributed by atoms with Gasteiger partial charge >= 0.3 is 0 Å². The fraction of sp³-hybridized carbons (Fsp3) is 0.727. The largest absolute Gasteiger partial charge is 0.493 e. The molecule has 1 aromatic rings. The average Bonchev–Trinajstić information content (AvgIpc) is 2.73. The van der Waals surface area contributed by atoms with E-state index in [9.17, 15) is 10.2 Å². The Kier molecular flexibility index (Phi) is 8.56. The van der Waals surface area contributed by atoms with Crippen molar-refractivity contribution in [3.63, 3.8) is 0 Å². The van der Waals surface area contributed by atoms with Crippen molar-refractivity contribution in [1.29, 1.82) is 0 Å². The van der Waals surface area contributed by atoms with Crippen LogP contribution in [0.5, 0.6) is 11.5 Å². The Labute approximate surface area is 173 Å². The minimum absolute atomic E-state index is 0.203. The first kappa shape index (κ1) is 22.3. The Morgan fingerprint density at radius 2 is 1.97 bits per heavy atom. The van der Waals surface area contributed by atoms with Crippen LogP contribution in [0, 0.1) is 0 Å². The zero-order chi connectivity index (χ0) is 20.5. The molecule has 29 heavy (non-hydrogen) atoms. The van der Waals surface area contributed by atoms with Crippen molar-refractivity contribution in [1.82, 2.24) is 10.2 Å². The lowest BCUT2D eigenvalue weighted by Gasteiger charge is -2.32. The van der Waals surface area contributed by atoms with Gasteiger partial charge in [-0.05, 0) is 18.9 Å². The zero-order valence-corrected chi connectivity index (χ0v) is 17.6. The standard InChI is InChI=1S/C22H36N2O5/c1-27-20-7-5-6-18(14-23-17-22(26)8-3-2-4-9-22)21(20)29-16-19(25)15-24-10-12-28-13-11-24/h5-7,19,23,25-26H,2-4,8-17H2,1H3/t19-/m0/s1. The number of nitrogens with one attached hydrogen (secondary N) is 1. The van der Waals surface area contributed by atoms with Crippen molar-refractivity contribution in [3.8, 4) is 11.5 Å². The molecule has 0 aromatic heterocycles. The molecule has 3 N–H and O–H groups in total. The second kappa shape index (κ2) is 11.1. The van der Waals surface area contributed by atoms with Crippen molar-refractivity contribution < 1.29 is 24.4 Å². The Morgan fingerprint density at radius 1 is 1.21 bits per heavy atom. The maximum atomic E-state index is 10.7. The first-order valence-corrected chi connectivity index (χ1v) is 10.8. The molecule has 2 fully saturated rings. The van der Waals surface area contributed by atoms with E-state index in [4.69, 9.17) is 14.2 Å². The molecule has 1 heterocycles. The van der Waals surface area contributed by atoms with Gasteiger partial charge in [0.05, 0.1) is 25.9 Å². The lowest BCUT2D eigenvalue weighted by atomic mass is 9.85. The predicted molar refractivity (Wildman–Crippen MR) is 111 cm³/mol. The van der Waals surface area contributed by atoms with E-state index < -0.39 is 11.7 Å². The Bertz CT molecular complexity index is 615. The van der Waals surface area contributed by atoms with E-state index in [1.165, 1.54) is 6.42 Å². The molecule has 0 bridgehead atoms. The van der Waals surface area contributed by atoms with E-state index in [1.807, 2.05) is 18.2 Å². The summed E-state index contributed by atoms with van der Waals surface area (Å²) in [6.07, 6.45) is 4.52. The molecule has 0 unspecified atom stereocenters. The van der Waals surface area contributed by atoms with Crippen LogP contribution in [0.1, 0.15) is 37.7 Å². The highest BCUT2D eigenvalue weighted by atomic mass is 16.5. The molecule has 7 heteroatoms. The predicted octanol–water partition coefficient (Wildman–Crippen LogP) is 1.55. The Hall–Kier alpha value is -1.38. The molecular weight excluding hydrogens is 372 g/mol. The average molecular weight is 409 g/mol. The zero-order valence-electron chi connectivity index (χ0n) is 17.6. The van der Waals surface area contributed by atoms with Crippen LogP contribution in [0.25, 0.3) is 0 Å². The molecule has 164 valence electrons. The molecule has 1 aliphatic heterocycles. The van der Waals surface area contributed by atoms with Crippen molar-refractivity contribution >= 4 is 0 Å². The monoisotopic (exact) mass is 408 g/mol. The van der Waals surface area contributed by atoms with Crippen molar-refractivity contribution in [2.24, 2.45) is 0 Å². The summed E-state index contributed by atoms with van der Waals surface area (Å²) < 4.78 is 16.8. The highest BCUT2D eigenvalue weighted by Crippen LogP contribution is 2.32. The number of nitrogens with zero attached hydrogens (tertiary/aromatic N) is 1. The fourth-order valence-electron chi connectivity index (χ4n) is 4.16. The summed E-state index contributed by atoms with van der Waals surface area (Å²) >= 11 is 0. The minimum atomic E-state index is -0.605. The topological polar surface area (TPSA) is 83.4 Å². The van der Waals surface area contributed by atoms with E-state index in [0.29, 0.717) is 44.3 Å². The summed E-state index contributed by atoms with van der Waals surface area (Å²) in [4.78, 5) is 2.19. The van der Waals surface area contributed by atoms with Gasteiger partial charge in [-0.3, -0.25) is 4.90 Å². The second-order valence-corrected chi connectivity index (χ2v) is 8.21. The lowest BCUT2D eigenvalue weighted by Crippen LogP contribution is -2.42. The molecule has 0 radical (unpaired) electrons. The lowest BCUT2D eigenvalue weighted by molar-refractivity contribution is 0.00376. The van der Waals surface area contributed by atoms with Gasteiger partial charge in [-0.15, -0.1) is 0 Å². The molecule has 7 nitrogen and oxygen atoms in total. The van der Waals surface area contributed by atoms with Crippen molar-refractivity contribution in [3.05, 3.63) is 23.8 Å². The number of ether oxygens (including phenoxy) is 3. The smallest absolute Gasteiger partial charge is 0.165 e. The van der Waals surface area contributed by atoms with Gasteiger partial charge in [0.15, 0.2) is 11.5 Å². The third-order valence-electron chi connectivity index (χ3n) is 5.83. The van der Waals surface area contributed by atoms with Crippen molar-refractivity contribution in [2.45, 2.75) is 50.4 Å².